The van der Waals surface area contributed by atoms with E-state index in [-0.39, 0.29) is 87.4 Å². The third-order valence-corrected chi connectivity index (χ3v) is 0. The summed E-state index contributed by atoms with van der Waals surface area (Å²) in [6.07, 6.45) is 0. The van der Waals surface area contributed by atoms with Gasteiger partial charge in [0.05, 0.1) is 0 Å². The third kappa shape index (κ3) is 21.4. The molecule has 0 aliphatic heterocycles. The van der Waals surface area contributed by atoms with E-state index >= 15 is 0 Å². The predicted octanol–water partition coefficient (Wildman–Crippen LogP) is -9.37. The van der Waals surface area contributed by atoms with Gasteiger partial charge in [0, 0.05) is 0 Å². The zero-order valence-electron chi connectivity index (χ0n) is 2.22. The summed E-state index contributed by atoms with van der Waals surface area (Å²) in [6.45, 7) is 0. The van der Waals surface area contributed by atoms with Crippen LogP contribution in [-0.4, -0.2) is 37.7 Å². The second-order valence-corrected chi connectivity index (χ2v) is 0. The van der Waals surface area contributed by atoms with Crippen molar-refractivity contribution in [1.29, 1.82) is 0 Å². The maximum atomic E-state index is 0. The second kappa shape index (κ2) is 32.2. The molecule has 0 N–H and O–H groups in total. The molecule has 0 rings (SSSR count). The van der Waals surface area contributed by atoms with Crippen LogP contribution in [0.2, 0.25) is 0 Å². The maximum Gasteiger partial charge on any atom is 2.00 e. The molecule has 0 nitrogen and oxygen atoms in total. The van der Waals surface area contributed by atoms with Crippen LogP contribution >= 0.6 is 0 Å². The number of rotatable bonds is 0. The van der Waals surface area contributed by atoms with Gasteiger partial charge in [-0.1, -0.05) is 0 Å². The Morgan fingerprint density at radius 1 is 0.600 bits per heavy atom. The normalized spacial score (nSPS) is 0. The van der Waals surface area contributed by atoms with E-state index in [1.54, 1.807) is 0 Å². The number of hydrogen-bond acceptors (Lipinski definition) is 0. The summed E-state index contributed by atoms with van der Waals surface area (Å²) in [7, 11) is 0. The molecule has 0 aliphatic carbocycles. The average molecular weight is 182 g/mol. The maximum absolute atomic E-state index is 0. The van der Waals surface area contributed by atoms with Gasteiger partial charge in [-0.15, -0.1) is 0 Å². The van der Waals surface area contributed by atoms with Crippen LogP contribution in [0.1, 0.15) is 0 Å². The van der Waals surface area contributed by atoms with Crippen molar-refractivity contribution in [2.45, 2.75) is 0 Å². The standard InChI is InChI=1S/Ca.3ClH.Cl/h;3*1H;/q+2;;;;+1/p-3. The van der Waals surface area contributed by atoms with Gasteiger partial charge in [0.25, 0.3) is 0 Å². The summed E-state index contributed by atoms with van der Waals surface area (Å²) in [5, 5.41) is 0. The van der Waals surface area contributed by atoms with Crippen molar-refractivity contribution in [2.75, 3.05) is 0 Å². The summed E-state index contributed by atoms with van der Waals surface area (Å²) in [6, 6.07) is 0. The SMILES string of the molecule is [Ca+2].[Cl+].[Cl-].[Cl-].[Cl-]. The molecule has 2 radical (unpaired) electrons. The van der Waals surface area contributed by atoms with Crippen LogP contribution in [0, 0.1) is 12.4 Å². The zero-order valence-corrected chi connectivity index (χ0v) is 7.45. The molecule has 0 aromatic carbocycles. The van der Waals surface area contributed by atoms with Crippen LogP contribution < -0.4 is 37.2 Å². The van der Waals surface area contributed by atoms with E-state index in [1.807, 2.05) is 0 Å². The molecule has 0 heterocycles. The molecular formula is CaCl4. The van der Waals surface area contributed by atoms with Crippen LogP contribution in [0.5, 0.6) is 0 Å². The molecule has 0 atom stereocenters. The van der Waals surface area contributed by atoms with Crippen molar-refractivity contribution in [2.24, 2.45) is 0 Å². The fourth-order valence-electron chi connectivity index (χ4n) is 0. The smallest absolute Gasteiger partial charge is 1.00 e. The Hall–Kier alpha value is 2.42. The van der Waals surface area contributed by atoms with E-state index < -0.39 is 0 Å². The van der Waals surface area contributed by atoms with Crippen LogP contribution in [-0.2, 0) is 0 Å². The molecule has 0 bridgehead atoms. The van der Waals surface area contributed by atoms with Gasteiger partial charge >= 0.3 is 50.1 Å². The molecule has 5 heteroatoms. The van der Waals surface area contributed by atoms with E-state index in [0.717, 1.165) is 0 Å². The second-order valence-electron chi connectivity index (χ2n) is 0. The Morgan fingerprint density at radius 2 is 0.600 bits per heavy atom. The van der Waals surface area contributed by atoms with Crippen LogP contribution in [0.3, 0.4) is 0 Å². The Kier molecular flexibility index (Phi) is 336. The van der Waals surface area contributed by atoms with E-state index in [4.69, 9.17) is 0 Å². The Morgan fingerprint density at radius 3 is 0.600 bits per heavy atom. The first-order valence-corrected chi connectivity index (χ1v) is 0. The minimum absolute atomic E-state index is 0. The molecule has 0 amide bonds. The van der Waals surface area contributed by atoms with Gasteiger partial charge in [-0.3, -0.25) is 0 Å². The van der Waals surface area contributed by atoms with Gasteiger partial charge in [0.15, 0.2) is 0 Å². The van der Waals surface area contributed by atoms with E-state index in [0.29, 0.717) is 0 Å². The summed E-state index contributed by atoms with van der Waals surface area (Å²) in [4.78, 5) is 0. The predicted molar refractivity (Wildman–Crippen MR) is 5.75 cm³/mol. The van der Waals surface area contributed by atoms with Crippen LogP contribution in [0.15, 0.2) is 0 Å². The molecule has 30 valence electrons. The van der Waals surface area contributed by atoms with Crippen molar-refractivity contribution in [3.8, 4) is 0 Å². The number of halogens is 4. The molecule has 5 heavy (non-hydrogen) atoms. The van der Waals surface area contributed by atoms with Crippen molar-refractivity contribution < 1.29 is 49.6 Å². The van der Waals surface area contributed by atoms with Gasteiger partial charge in [-0.2, -0.15) is 0 Å². The Labute approximate surface area is 86.1 Å². The van der Waals surface area contributed by atoms with Crippen LogP contribution in [0.25, 0.3) is 0 Å². The molecule has 0 spiro atoms. The van der Waals surface area contributed by atoms with Gasteiger partial charge in [-0.25, -0.2) is 0 Å². The molecular weight excluding hydrogens is 182 g/mol. The van der Waals surface area contributed by atoms with Crippen molar-refractivity contribution in [3.05, 3.63) is 0 Å². The number of hydrogen-bond donors (Lipinski definition) is 0. The largest absolute Gasteiger partial charge is 2.00 e. The van der Waals surface area contributed by atoms with Gasteiger partial charge < -0.3 is 37.2 Å². The summed E-state index contributed by atoms with van der Waals surface area (Å²) < 4.78 is 0. The summed E-state index contributed by atoms with van der Waals surface area (Å²) in [5.41, 5.74) is 0. The van der Waals surface area contributed by atoms with Gasteiger partial charge in [0.1, 0.15) is 0 Å². The van der Waals surface area contributed by atoms with Gasteiger partial charge in [-0.05, 0) is 0 Å². The minimum Gasteiger partial charge on any atom is -1.00 e. The van der Waals surface area contributed by atoms with Crippen molar-refractivity contribution in [1.82, 2.24) is 0 Å². The van der Waals surface area contributed by atoms with E-state index in [2.05, 4.69) is 0 Å². The molecule has 0 unspecified atom stereocenters. The first-order valence-electron chi connectivity index (χ1n) is 0. The Bertz CT molecular complexity index is 3.61. The minimum atomic E-state index is 0. The first-order chi connectivity index (χ1) is 0. The van der Waals surface area contributed by atoms with E-state index in [1.165, 1.54) is 0 Å². The average Bonchev–Trinajstić information content (AvgIpc) is 0. The topological polar surface area (TPSA) is 0 Å². The van der Waals surface area contributed by atoms with Crippen molar-refractivity contribution >= 4 is 37.7 Å². The molecule has 0 aromatic heterocycles. The van der Waals surface area contributed by atoms with E-state index in [9.17, 15) is 0 Å². The summed E-state index contributed by atoms with van der Waals surface area (Å²) >= 11 is 0. The first kappa shape index (κ1) is 52.2. The van der Waals surface area contributed by atoms with Crippen LogP contribution in [0.4, 0.5) is 0 Å². The van der Waals surface area contributed by atoms with Gasteiger partial charge in [0.2, 0.25) is 0 Å². The zero-order chi connectivity index (χ0) is 0. The Balaban J connectivity index is 0. The quantitative estimate of drug-likeness (QED) is 0.326. The molecule has 0 fully saturated rings. The summed E-state index contributed by atoms with van der Waals surface area (Å²) in [5.74, 6) is 0. The fraction of sp³-hybridized carbons (Fsp3) is 0. The molecule has 0 aliphatic rings. The fourth-order valence-corrected chi connectivity index (χ4v) is 0. The van der Waals surface area contributed by atoms with Crippen molar-refractivity contribution in [3.63, 3.8) is 0 Å². The molecule has 0 aromatic rings. The molecule has 0 saturated heterocycles. The monoisotopic (exact) mass is 180 g/mol. The molecule has 0 saturated carbocycles. The third-order valence-electron chi connectivity index (χ3n) is 0.